The highest BCUT2D eigenvalue weighted by molar-refractivity contribution is 6.30. The predicted molar refractivity (Wildman–Crippen MR) is 103 cm³/mol. The van der Waals surface area contributed by atoms with Gasteiger partial charge >= 0.3 is 18.0 Å². The highest BCUT2D eigenvalue weighted by Crippen LogP contribution is 2.35. The van der Waals surface area contributed by atoms with Crippen molar-refractivity contribution in [2.24, 2.45) is 0 Å². The summed E-state index contributed by atoms with van der Waals surface area (Å²) in [5, 5.41) is 2.78. The summed E-state index contributed by atoms with van der Waals surface area (Å²) in [7, 11) is 2.31. The summed E-state index contributed by atoms with van der Waals surface area (Å²) in [4.78, 5) is 45.3. The number of hydrogen-bond donors (Lipinski definition) is 2. The monoisotopic (exact) mass is 438 g/mol. The fourth-order valence-corrected chi connectivity index (χ4v) is 3.53. The van der Waals surface area contributed by atoms with Crippen LogP contribution >= 0.6 is 11.6 Å². The normalized spacial score (nSPS) is 16.4. The van der Waals surface area contributed by atoms with Crippen LogP contribution in [0.4, 0.5) is 9.18 Å². The fourth-order valence-electron chi connectivity index (χ4n) is 3.35. The van der Waals surface area contributed by atoms with Crippen molar-refractivity contribution in [3.8, 4) is 0 Å². The Morgan fingerprint density at radius 2 is 2.13 bits per heavy atom. The number of H-pyrrole nitrogens is 1. The van der Waals surface area contributed by atoms with Crippen LogP contribution in [-0.4, -0.2) is 59.6 Å². The smallest absolute Gasteiger partial charge is 0.329 e. The summed E-state index contributed by atoms with van der Waals surface area (Å²) in [6, 6.07) is 1.21. The molecule has 2 N–H and O–H groups in total. The minimum atomic E-state index is -1.26. The molecule has 2 aromatic rings. The lowest BCUT2D eigenvalue weighted by atomic mass is 9.95. The molecule has 1 aromatic heterocycles. The highest BCUT2D eigenvalue weighted by Gasteiger charge is 2.37. The van der Waals surface area contributed by atoms with Gasteiger partial charge in [-0.15, -0.1) is 0 Å². The zero-order chi connectivity index (χ0) is 21.8. The van der Waals surface area contributed by atoms with Gasteiger partial charge < -0.3 is 24.7 Å². The van der Waals surface area contributed by atoms with Gasteiger partial charge in [-0.05, 0) is 18.2 Å². The van der Waals surface area contributed by atoms with Crippen LogP contribution < -0.4 is 5.32 Å². The van der Waals surface area contributed by atoms with Crippen LogP contribution in [0, 0.1) is 5.82 Å². The molecule has 0 aliphatic carbocycles. The van der Waals surface area contributed by atoms with Crippen LogP contribution in [0.25, 0.3) is 0 Å². The Kier molecular flexibility index (Phi) is 6.56. The molecule has 1 aliphatic heterocycles. The van der Waals surface area contributed by atoms with E-state index in [2.05, 4.69) is 24.8 Å². The van der Waals surface area contributed by atoms with Crippen LogP contribution in [0.3, 0.4) is 0 Å². The molecular formula is C19H20ClFN4O5. The van der Waals surface area contributed by atoms with Crippen molar-refractivity contribution >= 4 is 29.6 Å². The molecule has 11 heteroatoms. The van der Waals surface area contributed by atoms with Crippen molar-refractivity contribution < 1.29 is 28.2 Å². The molecule has 9 nitrogen and oxygen atoms in total. The molecule has 0 fully saturated rings. The number of rotatable bonds is 5. The van der Waals surface area contributed by atoms with Gasteiger partial charge in [0.05, 0.1) is 32.7 Å². The molecule has 2 heterocycles. The van der Waals surface area contributed by atoms with Crippen molar-refractivity contribution in [1.29, 1.82) is 0 Å². The Morgan fingerprint density at radius 1 is 1.37 bits per heavy atom. The van der Waals surface area contributed by atoms with Crippen LogP contribution in [0.2, 0.25) is 5.02 Å². The number of nitrogens with one attached hydrogen (secondary N) is 2. The van der Waals surface area contributed by atoms with Crippen molar-refractivity contribution in [2.75, 3.05) is 20.8 Å². The molecule has 2 amide bonds. The molecular weight excluding hydrogens is 419 g/mol. The molecule has 30 heavy (non-hydrogen) atoms. The number of esters is 2. The zero-order valence-electron chi connectivity index (χ0n) is 16.3. The lowest BCUT2D eigenvalue weighted by molar-refractivity contribution is -0.149. The second-order valence-electron chi connectivity index (χ2n) is 6.58. The minimum Gasteiger partial charge on any atom is -0.469 e. The van der Waals surface area contributed by atoms with E-state index in [-0.39, 0.29) is 12.1 Å². The topological polar surface area (TPSA) is 114 Å². The van der Waals surface area contributed by atoms with Crippen molar-refractivity contribution in [3.63, 3.8) is 0 Å². The van der Waals surface area contributed by atoms with Gasteiger partial charge in [0.25, 0.3) is 0 Å². The quantitative estimate of drug-likeness (QED) is 0.690. The Balaban J connectivity index is 1.94. The molecule has 3 rings (SSSR count). The minimum absolute atomic E-state index is 0.160. The van der Waals surface area contributed by atoms with Crippen molar-refractivity contribution in [2.45, 2.75) is 24.9 Å². The maximum absolute atomic E-state index is 14.7. The first kappa shape index (κ1) is 21.6. The Hall–Kier alpha value is -3.14. The number of methoxy groups -OCH3 is 2. The van der Waals surface area contributed by atoms with Gasteiger partial charge in [-0.3, -0.25) is 4.79 Å². The number of nitrogens with zero attached hydrogens (tertiary/aromatic N) is 2. The van der Waals surface area contributed by atoms with Gasteiger partial charge in [-0.25, -0.2) is 19.0 Å². The molecule has 0 radical (unpaired) electrons. The van der Waals surface area contributed by atoms with E-state index >= 15 is 0 Å². The number of aromatic amines is 1. The lowest BCUT2D eigenvalue weighted by Crippen LogP contribution is -2.52. The van der Waals surface area contributed by atoms with Gasteiger partial charge in [-0.2, -0.15) is 0 Å². The third-order valence-corrected chi connectivity index (χ3v) is 5.06. The number of ether oxygens (including phenoxy) is 2. The third-order valence-electron chi connectivity index (χ3n) is 4.82. The zero-order valence-corrected chi connectivity index (χ0v) is 17.0. The molecule has 0 bridgehead atoms. The molecule has 1 aliphatic rings. The second kappa shape index (κ2) is 9.12. The van der Waals surface area contributed by atoms with E-state index in [1.807, 2.05) is 0 Å². The number of hydrogen-bond acceptors (Lipinski definition) is 6. The maximum atomic E-state index is 14.7. The second-order valence-corrected chi connectivity index (χ2v) is 7.02. The number of amides is 2. The van der Waals surface area contributed by atoms with Gasteiger partial charge in [0.15, 0.2) is 0 Å². The molecule has 0 saturated carbocycles. The Labute approximate surface area is 176 Å². The first-order valence-corrected chi connectivity index (χ1v) is 9.42. The van der Waals surface area contributed by atoms with Crippen LogP contribution in [-0.2, 0) is 25.5 Å². The Bertz CT molecular complexity index is 966. The highest BCUT2D eigenvalue weighted by atomic mass is 35.5. The lowest BCUT2D eigenvalue weighted by Gasteiger charge is -2.36. The number of benzene rings is 1. The molecule has 0 spiro atoms. The predicted octanol–water partition coefficient (Wildman–Crippen LogP) is 1.96. The van der Waals surface area contributed by atoms with E-state index in [0.717, 1.165) is 12.8 Å². The average molecular weight is 439 g/mol. The van der Waals surface area contributed by atoms with Gasteiger partial charge in [0.1, 0.15) is 17.9 Å². The number of fused-ring (bicyclic) bond motifs is 1. The molecule has 1 aromatic carbocycles. The number of carbonyl (C=O) groups excluding carboxylic acids is 3. The van der Waals surface area contributed by atoms with E-state index < -0.39 is 42.3 Å². The first-order valence-electron chi connectivity index (χ1n) is 9.04. The standard InChI is InChI=1S/C19H20ClFN4O5/c1-29-15(26)8-14(18(27)30-2)24-19(28)25-6-5-13-16(23-9-22-13)17(25)11-7-10(20)3-4-12(11)21/h3-4,7,9,14,17H,5-6,8H2,1-2H3,(H,22,23)(H,24,28)/t14-,17+/m0/s1. The number of aromatic nitrogens is 2. The summed E-state index contributed by atoms with van der Waals surface area (Å²) in [6.07, 6.45) is 1.50. The SMILES string of the molecule is COC(=O)C[C@H](NC(=O)N1CCc2[nH]cnc2[C@H]1c1cc(Cl)ccc1F)C(=O)OC. The molecule has 2 atom stereocenters. The maximum Gasteiger partial charge on any atom is 0.329 e. The molecule has 0 saturated heterocycles. The summed E-state index contributed by atoms with van der Waals surface area (Å²) < 4.78 is 23.9. The van der Waals surface area contributed by atoms with Gasteiger partial charge in [0.2, 0.25) is 0 Å². The van der Waals surface area contributed by atoms with Crippen LogP contribution in [0.1, 0.15) is 29.4 Å². The van der Waals surface area contributed by atoms with E-state index in [9.17, 15) is 18.8 Å². The third kappa shape index (κ3) is 4.38. The van der Waals surface area contributed by atoms with Crippen LogP contribution in [0.5, 0.6) is 0 Å². The number of urea groups is 1. The van der Waals surface area contributed by atoms with Gasteiger partial charge in [-0.1, -0.05) is 11.6 Å². The number of halogens is 2. The molecule has 0 unspecified atom stereocenters. The number of imidazole rings is 1. The summed E-state index contributed by atoms with van der Waals surface area (Å²) in [5.41, 5.74) is 1.40. The van der Waals surface area contributed by atoms with E-state index in [1.165, 1.54) is 36.5 Å². The molecule has 160 valence electrons. The van der Waals surface area contributed by atoms with E-state index in [1.54, 1.807) is 0 Å². The Morgan fingerprint density at radius 3 is 2.83 bits per heavy atom. The number of carbonyl (C=O) groups is 3. The van der Waals surface area contributed by atoms with E-state index in [4.69, 9.17) is 11.6 Å². The summed E-state index contributed by atoms with van der Waals surface area (Å²) in [6.45, 7) is 0.212. The van der Waals surface area contributed by atoms with Crippen molar-refractivity contribution in [3.05, 3.63) is 52.3 Å². The first-order chi connectivity index (χ1) is 14.3. The average Bonchev–Trinajstić information content (AvgIpc) is 3.22. The summed E-state index contributed by atoms with van der Waals surface area (Å²) in [5.74, 6) is -2.06. The van der Waals surface area contributed by atoms with Crippen molar-refractivity contribution in [1.82, 2.24) is 20.2 Å². The van der Waals surface area contributed by atoms with E-state index in [0.29, 0.717) is 17.1 Å². The fraction of sp³-hybridized carbons (Fsp3) is 0.368. The van der Waals surface area contributed by atoms with Crippen LogP contribution in [0.15, 0.2) is 24.5 Å². The van der Waals surface area contributed by atoms with Gasteiger partial charge in [0, 0.05) is 29.2 Å². The largest absolute Gasteiger partial charge is 0.469 e. The summed E-state index contributed by atoms with van der Waals surface area (Å²) >= 11 is 6.06.